The van der Waals surface area contributed by atoms with Gasteiger partial charge in [0.05, 0.1) is 21.7 Å². The maximum Gasteiger partial charge on any atom is 0.340 e. The molecule has 1 aliphatic carbocycles. The van der Waals surface area contributed by atoms with E-state index in [0.29, 0.717) is 27.6 Å². The van der Waals surface area contributed by atoms with E-state index in [2.05, 4.69) is 25.5 Å². The molecule has 1 saturated heterocycles. The number of esters is 1. The quantitative estimate of drug-likeness (QED) is 0.227. The van der Waals surface area contributed by atoms with E-state index < -0.39 is 17.5 Å². The maximum absolute atomic E-state index is 12.8. The lowest BCUT2D eigenvalue weighted by Gasteiger charge is -2.27. The number of carbonyl (C=O) groups excluding carboxylic acids is 2. The smallest absolute Gasteiger partial charge is 0.340 e. The molecule has 0 unspecified atom stereocenters. The van der Waals surface area contributed by atoms with E-state index in [0.717, 1.165) is 55.3 Å². The molecule has 3 aromatic rings. The third-order valence-electron chi connectivity index (χ3n) is 6.02. The van der Waals surface area contributed by atoms with Gasteiger partial charge in [-0.2, -0.15) is 0 Å². The number of nitrogens with one attached hydrogen (secondary N) is 2. The zero-order valence-corrected chi connectivity index (χ0v) is 20.5. The molecule has 0 atom stereocenters. The van der Waals surface area contributed by atoms with Crippen molar-refractivity contribution < 1.29 is 14.3 Å². The molecule has 9 nitrogen and oxygen atoms in total. The van der Waals surface area contributed by atoms with Gasteiger partial charge in [-0.05, 0) is 43.3 Å². The van der Waals surface area contributed by atoms with Gasteiger partial charge in [0.2, 0.25) is 11.5 Å². The van der Waals surface area contributed by atoms with Crippen LogP contribution in [-0.2, 0) is 9.53 Å². The van der Waals surface area contributed by atoms with Crippen LogP contribution < -0.4 is 16.4 Å². The first-order chi connectivity index (χ1) is 16.9. The molecule has 0 saturated carbocycles. The van der Waals surface area contributed by atoms with Gasteiger partial charge >= 0.3 is 5.97 Å². The Morgan fingerprint density at radius 1 is 1.29 bits per heavy atom. The van der Waals surface area contributed by atoms with E-state index in [-0.39, 0.29) is 0 Å². The van der Waals surface area contributed by atoms with E-state index in [1.807, 2.05) is 12.1 Å². The van der Waals surface area contributed by atoms with Gasteiger partial charge in [-0.3, -0.25) is 4.79 Å². The fraction of sp³-hybridized carbons (Fsp3) is 0.333. The zero-order valence-electron chi connectivity index (χ0n) is 18.9. The molecular formula is C24H25ClN6O3S. The van der Waals surface area contributed by atoms with Gasteiger partial charge in [0.1, 0.15) is 5.69 Å². The molecule has 3 heterocycles. The lowest BCUT2D eigenvalue weighted by Crippen LogP contribution is -2.44. The monoisotopic (exact) mass is 512 g/mol. The van der Waals surface area contributed by atoms with Gasteiger partial charge in [0.25, 0.3) is 5.91 Å². The number of hydrogen-bond donors (Lipinski definition) is 3. The fourth-order valence-corrected chi connectivity index (χ4v) is 5.33. The summed E-state index contributed by atoms with van der Waals surface area (Å²) in [5.41, 5.74) is 4.86. The lowest BCUT2D eigenvalue weighted by atomic mass is 10.1. The largest absolute Gasteiger partial charge is 0.437 e. The average molecular weight is 513 g/mol. The summed E-state index contributed by atoms with van der Waals surface area (Å²) in [6.45, 7) is 6.00. The molecular weight excluding hydrogens is 488 g/mol. The Bertz CT molecular complexity index is 1300. The number of halogens is 1. The molecule has 4 N–H and O–H groups in total. The summed E-state index contributed by atoms with van der Waals surface area (Å²) in [4.78, 5) is 36.6. The molecule has 35 heavy (non-hydrogen) atoms. The highest BCUT2D eigenvalue weighted by Crippen LogP contribution is 2.38. The van der Waals surface area contributed by atoms with E-state index in [1.165, 1.54) is 23.5 Å². The van der Waals surface area contributed by atoms with Crippen molar-refractivity contribution in [2.75, 3.05) is 44.6 Å². The van der Waals surface area contributed by atoms with Crippen LogP contribution in [0, 0.1) is 0 Å². The van der Waals surface area contributed by atoms with E-state index in [9.17, 15) is 9.59 Å². The Labute approximate surface area is 211 Å². The topological polar surface area (TPSA) is 122 Å². The number of carbonyl (C=O) groups is 2. The number of aromatic nitrogens is 2. The Hall–Kier alpha value is -3.05. The number of hydrogen-bond acceptors (Lipinski definition) is 9. The second kappa shape index (κ2) is 9.90. The number of nitrogens with zero attached hydrogens (tertiary/aromatic N) is 3. The summed E-state index contributed by atoms with van der Waals surface area (Å²) in [7, 11) is 0. The molecule has 182 valence electrons. The first-order valence-corrected chi connectivity index (χ1v) is 12.6. The minimum absolute atomic E-state index is 0.343. The number of anilines is 1. The van der Waals surface area contributed by atoms with Crippen molar-refractivity contribution in [1.82, 2.24) is 20.2 Å². The van der Waals surface area contributed by atoms with Crippen LogP contribution in [0.25, 0.3) is 20.7 Å². The molecule has 1 aliphatic heterocycles. The third-order valence-corrected chi connectivity index (χ3v) is 7.40. The van der Waals surface area contributed by atoms with Crippen LogP contribution >= 0.6 is 22.9 Å². The summed E-state index contributed by atoms with van der Waals surface area (Å²) in [5.74, 6) is -0.834. The molecule has 5 rings (SSSR count). The van der Waals surface area contributed by atoms with Gasteiger partial charge in [0.15, 0.2) is 0 Å². The molecule has 2 aromatic heterocycles. The highest BCUT2D eigenvalue weighted by molar-refractivity contribution is 7.22. The summed E-state index contributed by atoms with van der Waals surface area (Å²) in [6.07, 6.45) is 5.49. The number of primary amides is 1. The number of piperazine rings is 1. The Balaban J connectivity index is 1.31. The molecule has 0 radical (unpaired) electrons. The normalized spacial score (nSPS) is 16.8. The van der Waals surface area contributed by atoms with Crippen LogP contribution in [0.2, 0.25) is 5.02 Å². The Morgan fingerprint density at radius 3 is 2.83 bits per heavy atom. The predicted octanol–water partition coefficient (Wildman–Crippen LogP) is 2.67. The van der Waals surface area contributed by atoms with Crippen molar-refractivity contribution in [3.8, 4) is 10.6 Å². The minimum Gasteiger partial charge on any atom is -0.437 e. The fourth-order valence-electron chi connectivity index (χ4n) is 3.98. The van der Waals surface area contributed by atoms with Crippen molar-refractivity contribution in [2.24, 2.45) is 5.73 Å². The predicted molar refractivity (Wildman–Crippen MR) is 137 cm³/mol. The second-order valence-electron chi connectivity index (χ2n) is 8.47. The van der Waals surface area contributed by atoms with Crippen LogP contribution in [-0.4, -0.2) is 71.6 Å². The van der Waals surface area contributed by atoms with E-state index in [4.69, 9.17) is 22.1 Å². The first kappa shape index (κ1) is 23.7. The number of thiophene rings is 1. The van der Waals surface area contributed by atoms with Crippen molar-refractivity contribution in [1.29, 1.82) is 0 Å². The van der Waals surface area contributed by atoms with Crippen molar-refractivity contribution in [3.05, 3.63) is 53.2 Å². The molecule has 11 heteroatoms. The van der Waals surface area contributed by atoms with E-state index in [1.54, 1.807) is 18.3 Å². The van der Waals surface area contributed by atoms with Crippen LogP contribution in [0.3, 0.4) is 0 Å². The molecule has 1 fully saturated rings. The number of fused-ring (bicyclic) bond motifs is 1. The number of benzene rings is 1. The zero-order chi connectivity index (χ0) is 24.4. The lowest BCUT2D eigenvalue weighted by molar-refractivity contribution is -0.127. The summed E-state index contributed by atoms with van der Waals surface area (Å²) in [6, 6.07) is 7.19. The first-order valence-electron chi connectivity index (χ1n) is 11.4. The molecule has 1 aromatic carbocycles. The SMILES string of the molecule is NC(=O)C1(OC(=O)c2cccc3sc(-c4nc(NCCCN5CCNCC5)ncc4Cl)cc23)C=C1. The number of amides is 1. The van der Waals surface area contributed by atoms with Crippen molar-refractivity contribution >= 4 is 50.8 Å². The van der Waals surface area contributed by atoms with Crippen LogP contribution in [0.4, 0.5) is 5.95 Å². The highest BCUT2D eigenvalue weighted by atomic mass is 35.5. The minimum atomic E-state index is -1.42. The average Bonchev–Trinajstić information content (AvgIpc) is 3.52. The van der Waals surface area contributed by atoms with Gasteiger partial charge in [-0.1, -0.05) is 17.7 Å². The highest BCUT2D eigenvalue weighted by Gasteiger charge is 2.45. The second-order valence-corrected chi connectivity index (χ2v) is 9.96. The molecule has 0 bridgehead atoms. The van der Waals surface area contributed by atoms with Crippen LogP contribution in [0.15, 0.2) is 42.6 Å². The standard InChI is InChI=1S/C24H25ClN6O3S/c25-17-14-29-23(28-7-2-10-31-11-8-27-9-12-31)30-20(17)19-13-16-15(3-1-4-18(16)35-19)21(32)34-24(5-6-24)22(26)33/h1,3-6,13-14,27H,2,7-12H2,(H2,26,33)(H,28,29,30). The van der Waals surface area contributed by atoms with Gasteiger partial charge < -0.3 is 26.0 Å². The third kappa shape index (κ3) is 5.15. The maximum atomic E-state index is 12.8. The summed E-state index contributed by atoms with van der Waals surface area (Å²) >= 11 is 7.91. The van der Waals surface area contributed by atoms with Crippen LogP contribution in [0.1, 0.15) is 16.8 Å². The summed E-state index contributed by atoms with van der Waals surface area (Å²) in [5, 5.41) is 7.75. The Kier molecular flexibility index (Phi) is 6.70. The van der Waals surface area contributed by atoms with E-state index >= 15 is 0 Å². The van der Waals surface area contributed by atoms with Crippen molar-refractivity contribution in [2.45, 2.75) is 12.0 Å². The summed E-state index contributed by atoms with van der Waals surface area (Å²) < 4.78 is 6.24. The van der Waals surface area contributed by atoms with Crippen molar-refractivity contribution in [3.63, 3.8) is 0 Å². The number of ether oxygens (including phenoxy) is 1. The van der Waals surface area contributed by atoms with Gasteiger partial charge in [0, 0.05) is 42.8 Å². The number of nitrogens with two attached hydrogens (primary N) is 1. The Morgan fingerprint density at radius 2 is 2.09 bits per heavy atom. The number of rotatable bonds is 9. The molecule has 1 amide bonds. The molecule has 2 aliphatic rings. The van der Waals surface area contributed by atoms with Gasteiger partial charge in [-0.15, -0.1) is 11.3 Å². The molecule has 0 spiro atoms. The van der Waals surface area contributed by atoms with Crippen LogP contribution in [0.5, 0.6) is 0 Å². The van der Waals surface area contributed by atoms with Gasteiger partial charge in [-0.25, -0.2) is 14.8 Å².